The van der Waals surface area contributed by atoms with Crippen molar-refractivity contribution in [2.75, 3.05) is 13.1 Å². The predicted octanol–water partition coefficient (Wildman–Crippen LogP) is 3.50. The number of nitrogens with one attached hydrogen (secondary N) is 1. The number of carbonyl (C=O) groups is 1. The number of ketones is 1. The molecule has 0 unspecified atom stereocenters. The van der Waals surface area contributed by atoms with Crippen LogP contribution >= 0.6 is 0 Å². The number of benzene rings is 2. The highest BCUT2D eigenvalue weighted by Gasteiger charge is 2.18. The molecule has 0 fully saturated rings. The molecule has 1 aliphatic rings. The van der Waals surface area contributed by atoms with Crippen molar-refractivity contribution in [2.45, 2.75) is 19.4 Å². The van der Waals surface area contributed by atoms with E-state index in [2.05, 4.69) is 34.1 Å². The first-order valence-electron chi connectivity index (χ1n) is 8.33. The van der Waals surface area contributed by atoms with Gasteiger partial charge in [0.1, 0.15) is 5.75 Å². The third kappa shape index (κ3) is 2.81. The molecule has 0 saturated carbocycles. The Bertz CT molecular complexity index is 898. The van der Waals surface area contributed by atoms with Crippen LogP contribution in [-0.4, -0.2) is 33.9 Å². The number of H-pyrrole nitrogens is 1. The van der Waals surface area contributed by atoms with Gasteiger partial charge in [0, 0.05) is 54.8 Å². The van der Waals surface area contributed by atoms with Gasteiger partial charge in [-0.05, 0) is 29.7 Å². The van der Waals surface area contributed by atoms with Gasteiger partial charge in [-0.2, -0.15) is 0 Å². The summed E-state index contributed by atoms with van der Waals surface area (Å²) < 4.78 is 0. The number of nitrogens with zero attached hydrogens (tertiary/aromatic N) is 1. The van der Waals surface area contributed by atoms with Gasteiger partial charge in [0.15, 0.2) is 5.78 Å². The molecule has 0 aliphatic carbocycles. The van der Waals surface area contributed by atoms with E-state index in [0.29, 0.717) is 12.0 Å². The summed E-state index contributed by atoms with van der Waals surface area (Å²) in [7, 11) is 0. The number of carbonyl (C=O) groups excluding carboxylic acids is 1. The smallest absolute Gasteiger partial charge is 0.166 e. The lowest BCUT2D eigenvalue weighted by molar-refractivity contribution is 0.0962. The van der Waals surface area contributed by atoms with Gasteiger partial charge in [-0.15, -0.1) is 0 Å². The minimum absolute atomic E-state index is 0.144. The molecule has 4 nitrogen and oxygen atoms in total. The molecule has 3 aromatic rings. The lowest BCUT2D eigenvalue weighted by atomic mass is 9.99. The Kier molecular flexibility index (Phi) is 3.82. The van der Waals surface area contributed by atoms with Crippen molar-refractivity contribution >= 4 is 16.7 Å². The van der Waals surface area contributed by atoms with Crippen LogP contribution in [0.1, 0.15) is 27.9 Å². The maximum atomic E-state index is 12.6. The van der Waals surface area contributed by atoms with Gasteiger partial charge in [-0.25, -0.2) is 0 Å². The Morgan fingerprint density at radius 3 is 2.88 bits per heavy atom. The number of aromatic hydroxyl groups is 1. The SMILES string of the molecule is O=C(CCN1CCc2ccccc2C1)c1c[nH]c2cc(O)ccc12. The zero-order valence-corrected chi connectivity index (χ0v) is 13.5. The average Bonchev–Trinajstić information content (AvgIpc) is 3.02. The molecule has 1 aliphatic heterocycles. The fourth-order valence-electron chi connectivity index (χ4n) is 3.48. The van der Waals surface area contributed by atoms with E-state index in [1.807, 2.05) is 0 Å². The van der Waals surface area contributed by atoms with Crippen LogP contribution < -0.4 is 0 Å². The molecule has 0 spiro atoms. The van der Waals surface area contributed by atoms with Crippen molar-refractivity contribution in [1.29, 1.82) is 0 Å². The van der Waals surface area contributed by atoms with E-state index >= 15 is 0 Å². The molecule has 2 N–H and O–H groups in total. The van der Waals surface area contributed by atoms with E-state index in [1.165, 1.54) is 11.1 Å². The minimum Gasteiger partial charge on any atom is -0.508 e. The standard InChI is InChI=1S/C20H20N2O2/c23-16-5-6-17-18(12-21-19(17)11-16)20(24)8-10-22-9-7-14-3-1-2-4-15(14)13-22/h1-6,11-12,21,23H,7-10,13H2. The van der Waals surface area contributed by atoms with Crippen molar-refractivity contribution in [3.63, 3.8) is 0 Å². The first-order valence-corrected chi connectivity index (χ1v) is 8.33. The van der Waals surface area contributed by atoms with Crippen molar-refractivity contribution in [3.8, 4) is 5.75 Å². The zero-order valence-electron chi connectivity index (χ0n) is 13.5. The van der Waals surface area contributed by atoms with Crippen molar-refractivity contribution in [1.82, 2.24) is 9.88 Å². The summed E-state index contributed by atoms with van der Waals surface area (Å²) in [6, 6.07) is 13.6. The third-order valence-electron chi connectivity index (χ3n) is 4.83. The number of aromatic nitrogens is 1. The van der Waals surface area contributed by atoms with Gasteiger partial charge in [-0.3, -0.25) is 9.69 Å². The summed E-state index contributed by atoms with van der Waals surface area (Å²) in [4.78, 5) is 18.0. The molecule has 2 aromatic carbocycles. The summed E-state index contributed by atoms with van der Waals surface area (Å²) in [5.41, 5.74) is 4.31. The molecule has 1 aromatic heterocycles. The number of rotatable bonds is 4. The van der Waals surface area contributed by atoms with E-state index < -0.39 is 0 Å². The Balaban J connectivity index is 1.43. The first-order chi connectivity index (χ1) is 11.7. The Hall–Kier alpha value is -2.59. The van der Waals surface area contributed by atoms with Crippen LogP contribution in [0.2, 0.25) is 0 Å². The van der Waals surface area contributed by atoms with Crippen LogP contribution in [0.5, 0.6) is 5.75 Å². The van der Waals surface area contributed by atoms with Crippen LogP contribution in [-0.2, 0) is 13.0 Å². The van der Waals surface area contributed by atoms with Crippen LogP contribution in [0.25, 0.3) is 10.9 Å². The van der Waals surface area contributed by atoms with Crippen molar-refractivity contribution < 1.29 is 9.90 Å². The lowest BCUT2D eigenvalue weighted by Crippen LogP contribution is -2.32. The maximum Gasteiger partial charge on any atom is 0.166 e. The molecular formula is C20H20N2O2. The van der Waals surface area contributed by atoms with Gasteiger partial charge in [0.25, 0.3) is 0 Å². The summed E-state index contributed by atoms with van der Waals surface area (Å²) in [5, 5.41) is 10.4. The second-order valence-corrected chi connectivity index (χ2v) is 6.40. The number of phenolic OH excluding ortho intramolecular Hbond substituents is 1. The number of hydrogen-bond donors (Lipinski definition) is 2. The molecule has 4 heteroatoms. The molecule has 0 atom stereocenters. The summed E-state index contributed by atoms with van der Waals surface area (Å²) >= 11 is 0. The first kappa shape index (κ1) is 15.0. The van der Waals surface area contributed by atoms with E-state index in [1.54, 1.807) is 24.4 Å². The van der Waals surface area contributed by atoms with Gasteiger partial charge in [-0.1, -0.05) is 24.3 Å². The van der Waals surface area contributed by atoms with Crippen molar-refractivity contribution in [3.05, 3.63) is 65.4 Å². The number of phenols is 1. The van der Waals surface area contributed by atoms with Crippen LogP contribution in [0.4, 0.5) is 0 Å². The predicted molar refractivity (Wildman–Crippen MR) is 94.3 cm³/mol. The topological polar surface area (TPSA) is 56.3 Å². The Morgan fingerprint density at radius 1 is 1.17 bits per heavy atom. The molecule has 0 radical (unpaired) electrons. The van der Waals surface area contributed by atoms with Crippen molar-refractivity contribution in [2.24, 2.45) is 0 Å². The molecule has 0 bridgehead atoms. The second kappa shape index (κ2) is 6.13. The number of Topliss-reactive ketones (excluding diaryl/α,β-unsaturated/α-hetero) is 1. The van der Waals surface area contributed by atoms with Gasteiger partial charge in [0.05, 0.1) is 0 Å². The Morgan fingerprint density at radius 2 is 2.00 bits per heavy atom. The Labute approximate surface area is 140 Å². The van der Waals surface area contributed by atoms with E-state index in [-0.39, 0.29) is 11.5 Å². The fourth-order valence-corrected chi connectivity index (χ4v) is 3.48. The summed E-state index contributed by atoms with van der Waals surface area (Å²) in [5.74, 6) is 0.348. The molecule has 4 rings (SSSR count). The van der Waals surface area contributed by atoms with E-state index in [9.17, 15) is 9.90 Å². The van der Waals surface area contributed by atoms with Gasteiger partial charge >= 0.3 is 0 Å². The summed E-state index contributed by atoms with van der Waals surface area (Å²) in [6.45, 7) is 2.70. The third-order valence-corrected chi connectivity index (χ3v) is 4.83. The quantitative estimate of drug-likeness (QED) is 0.723. The fraction of sp³-hybridized carbons (Fsp3) is 0.250. The second-order valence-electron chi connectivity index (χ2n) is 6.40. The maximum absolute atomic E-state index is 12.6. The molecule has 2 heterocycles. The number of hydrogen-bond acceptors (Lipinski definition) is 3. The van der Waals surface area contributed by atoms with Crippen LogP contribution in [0.3, 0.4) is 0 Å². The molecule has 24 heavy (non-hydrogen) atoms. The highest BCUT2D eigenvalue weighted by Crippen LogP contribution is 2.24. The zero-order chi connectivity index (χ0) is 16.5. The van der Waals surface area contributed by atoms with Crippen LogP contribution in [0, 0.1) is 0 Å². The van der Waals surface area contributed by atoms with Crippen LogP contribution in [0.15, 0.2) is 48.7 Å². The molecule has 0 saturated heterocycles. The molecule has 0 amide bonds. The molecule has 122 valence electrons. The van der Waals surface area contributed by atoms with E-state index in [0.717, 1.165) is 37.0 Å². The monoisotopic (exact) mass is 320 g/mol. The largest absolute Gasteiger partial charge is 0.508 e. The highest BCUT2D eigenvalue weighted by molar-refractivity contribution is 6.08. The van der Waals surface area contributed by atoms with Gasteiger partial charge in [0.2, 0.25) is 0 Å². The molecular weight excluding hydrogens is 300 g/mol. The average molecular weight is 320 g/mol. The van der Waals surface area contributed by atoms with Gasteiger partial charge < -0.3 is 10.1 Å². The summed E-state index contributed by atoms with van der Waals surface area (Å²) in [6.07, 6.45) is 3.31. The lowest BCUT2D eigenvalue weighted by Gasteiger charge is -2.28. The number of fused-ring (bicyclic) bond motifs is 2. The normalized spacial score (nSPS) is 14.7. The minimum atomic E-state index is 0.144. The van der Waals surface area contributed by atoms with E-state index in [4.69, 9.17) is 0 Å². The number of aromatic amines is 1. The highest BCUT2D eigenvalue weighted by atomic mass is 16.3.